The number of nitrogens with one attached hydrogen (secondary N) is 3. The molecule has 2 heterocycles. The van der Waals surface area contributed by atoms with Crippen LogP contribution in [-0.2, 0) is 4.79 Å². The SMILES string of the molecule is CC(=O)n1ccc2c(NC(=O)[C@H]3CC[C@H](CNC(=N)N)CC3)ccnc21. The van der Waals surface area contributed by atoms with Crippen LogP contribution in [0, 0.1) is 17.2 Å². The summed E-state index contributed by atoms with van der Waals surface area (Å²) in [5, 5.41) is 13.8. The summed E-state index contributed by atoms with van der Waals surface area (Å²) in [6, 6.07) is 3.55. The average molecular weight is 356 g/mol. The third-order valence-corrected chi connectivity index (χ3v) is 4.98. The molecule has 1 aliphatic rings. The van der Waals surface area contributed by atoms with Gasteiger partial charge in [-0.25, -0.2) is 4.98 Å². The molecule has 0 spiro atoms. The Morgan fingerprint density at radius 1 is 1.31 bits per heavy atom. The monoisotopic (exact) mass is 356 g/mol. The van der Waals surface area contributed by atoms with Gasteiger partial charge in [-0.3, -0.25) is 19.6 Å². The number of carbonyl (C=O) groups excluding carboxylic acids is 2. The highest BCUT2D eigenvalue weighted by molar-refractivity contribution is 6.03. The molecule has 0 unspecified atom stereocenters. The lowest BCUT2D eigenvalue weighted by Gasteiger charge is -2.28. The van der Waals surface area contributed by atoms with Gasteiger partial charge in [-0.1, -0.05) is 0 Å². The number of nitrogens with two attached hydrogens (primary N) is 1. The Kier molecular flexibility index (Phi) is 5.20. The first kappa shape index (κ1) is 17.9. The molecule has 1 amide bonds. The first-order chi connectivity index (χ1) is 12.5. The number of aromatic nitrogens is 2. The maximum absolute atomic E-state index is 12.6. The van der Waals surface area contributed by atoms with E-state index in [4.69, 9.17) is 11.1 Å². The van der Waals surface area contributed by atoms with E-state index in [2.05, 4.69) is 15.6 Å². The Hall–Kier alpha value is -2.90. The number of amides is 1. The fourth-order valence-electron chi connectivity index (χ4n) is 3.52. The van der Waals surface area contributed by atoms with Gasteiger partial charge < -0.3 is 16.4 Å². The summed E-state index contributed by atoms with van der Waals surface area (Å²) < 4.78 is 1.47. The van der Waals surface area contributed by atoms with Crippen molar-refractivity contribution in [2.24, 2.45) is 17.6 Å². The summed E-state index contributed by atoms with van der Waals surface area (Å²) in [5.74, 6) is 0.297. The van der Waals surface area contributed by atoms with Gasteiger partial charge in [0.2, 0.25) is 11.8 Å². The Labute approximate surface area is 151 Å². The number of carbonyl (C=O) groups is 2. The average Bonchev–Trinajstić information content (AvgIpc) is 3.05. The van der Waals surface area contributed by atoms with Gasteiger partial charge in [-0.2, -0.15) is 0 Å². The summed E-state index contributed by atoms with van der Waals surface area (Å²) in [6.07, 6.45) is 6.78. The Balaban J connectivity index is 1.63. The Morgan fingerprint density at radius 2 is 2.04 bits per heavy atom. The highest BCUT2D eigenvalue weighted by atomic mass is 16.2. The van der Waals surface area contributed by atoms with Crippen molar-refractivity contribution in [2.45, 2.75) is 32.6 Å². The molecule has 0 saturated heterocycles. The molecule has 0 atom stereocenters. The van der Waals surface area contributed by atoms with Crippen LogP contribution in [0.25, 0.3) is 11.0 Å². The highest BCUT2D eigenvalue weighted by Gasteiger charge is 2.26. The largest absolute Gasteiger partial charge is 0.370 e. The maximum Gasteiger partial charge on any atom is 0.229 e. The number of nitrogens with zero attached hydrogens (tertiary/aromatic N) is 2. The highest BCUT2D eigenvalue weighted by Crippen LogP contribution is 2.30. The van der Waals surface area contributed by atoms with E-state index in [0.29, 0.717) is 23.8 Å². The molecule has 2 aromatic rings. The predicted octanol–water partition coefficient (Wildman–Crippen LogP) is 1.92. The van der Waals surface area contributed by atoms with Crippen LogP contribution in [0.3, 0.4) is 0 Å². The van der Waals surface area contributed by atoms with Crippen LogP contribution in [-0.4, -0.2) is 33.9 Å². The van der Waals surface area contributed by atoms with E-state index in [9.17, 15) is 9.59 Å². The molecule has 5 N–H and O–H groups in total. The lowest BCUT2D eigenvalue weighted by atomic mass is 9.81. The maximum atomic E-state index is 12.6. The molecule has 0 bridgehead atoms. The van der Waals surface area contributed by atoms with Crippen LogP contribution in [0.2, 0.25) is 0 Å². The van der Waals surface area contributed by atoms with Crippen molar-refractivity contribution in [1.82, 2.24) is 14.9 Å². The van der Waals surface area contributed by atoms with E-state index in [1.807, 2.05) is 0 Å². The third kappa shape index (κ3) is 3.84. The quantitative estimate of drug-likeness (QED) is 0.492. The fourth-order valence-corrected chi connectivity index (χ4v) is 3.52. The van der Waals surface area contributed by atoms with E-state index >= 15 is 0 Å². The second kappa shape index (κ2) is 7.55. The summed E-state index contributed by atoms with van der Waals surface area (Å²) >= 11 is 0. The molecule has 1 saturated carbocycles. The zero-order valence-electron chi connectivity index (χ0n) is 14.8. The summed E-state index contributed by atoms with van der Waals surface area (Å²) in [6.45, 7) is 2.17. The smallest absolute Gasteiger partial charge is 0.229 e. The Bertz CT molecular complexity index is 835. The molecule has 8 nitrogen and oxygen atoms in total. The molecular weight excluding hydrogens is 332 g/mol. The van der Waals surface area contributed by atoms with Gasteiger partial charge in [0.05, 0.1) is 5.69 Å². The summed E-state index contributed by atoms with van der Waals surface area (Å²) in [4.78, 5) is 28.5. The normalized spacial score (nSPS) is 19.9. The van der Waals surface area contributed by atoms with Crippen molar-refractivity contribution in [3.63, 3.8) is 0 Å². The fraction of sp³-hybridized carbons (Fsp3) is 0.444. The number of pyridine rings is 1. The van der Waals surface area contributed by atoms with Gasteiger partial charge in [0.15, 0.2) is 5.96 Å². The number of fused-ring (bicyclic) bond motifs is 1. The number of rotatable bonds is 4. The molecular formula is C18H24N6O2. The zero-order chi connectivity index (χ0) is 18.7. The molecule has 1 aliphatic carbocycles. The molecule has 138 valence electrons. The lowest BCUT2D eigenvalue weighted by Crippen LogP contribution is -2.36. The van der Waals surface area contributed by atoms with Gasteiger partial charge in [-0.15, -0.1) is 0 Å². The molecule has 1 fully saturated rings. The van der Waals surface area contributed by atoms with Crippen LogP contribution in [0.1, 0.15) is 37.4 Å². The molecule has 0 aliphatic heterocycles. The number of guanidine groups is 1. The number of anilines is 1. The number of hydrogen-bond donors (Lipinski definition) is 4. The van der Waals surface area contributed by atoms with E-state index in [-0.39, 0.29) is 23.7 Å². The Morgan fingerprint density at radius 3 is 2.69 bits per heavy atom. The van der Waals surface area contributed by atoms with E-state index < -0.39 is 0 Å². The lowest BCUT2D eigenvalue weighted by molar-refractivity contribution is -0.121. The van der Waals surface area contributed by atoms with E-state index in [1.165, 1.54) is 11.5 Å². The van der Waals surface area contributed by atoms with Crippen LogP contribution in [0.5, 0.6) is 0 Å². The summed E-state index contributed by atoms with van der Waals surface area (Å²) in [7, 11) is 0. The van der Waals surface area contributed by atoms with Gasteiger partial charge in [0.25, 0.3) is 0 Å². The topological polar surface area (TPSA) is 126 Å². The standard InChI is InChI=1S/C18H24N6O2/c1-11(25)24-9-7-14-15(6-8-21-16(14)24)23-17(26)13-4-2-12(3-5-13)10-22-18(19)20/h6-9,12-13H,2-5,10H2,1H3,(H4,19,20,22)(H,21,23,26)/t12-,13-. The molecule has 3 rings (SSSR count). The predicted molar refractivity (Wildman–Crippen MR) is 100 cm³/mol. The van der Waals surface area contributed by atoms with Gasteiger partial charge in [0.1, 0.15) is 5.65 Å². The molecule has 0 aromatic carbocycles. The van der Waals surface area contributed by atoms with Crippen molar-refractivity contribution >= 4 is 34.5 Å². The summed E-state index contributed by atoms with van der Waals surface area (Å²) in [5.41, 5.74) is 6.55. The van der Waals surface area contributed by atoms with Crippen LogP contribution >= 0.6 is 0 Å². The third-order valence-electron chi connectivity index (χ3n) is 4.98. The molecule has 2 aromatic heterocycles. The van der Waals surface area contributed by atoms with Crippen LogP contribution in [0.15, 0.2) is 24.5 Å². The molecule has 0 radical (unpaired) electrons. The minimum absolute atomic E-state index is 0.00560. The van der Waals surface area contributed by atoms with E-state index in [0.717, 1.165) is 31.1 Å². The van der Waals surface area contributed by atoms with Crippen LogP contribution < -0.4 is 16.4 Å². The van der Waals surface area contributed by atoms with Crippen molar-refractivity contribution < 1.29 is 9.59 Å². The minimum atomic E-state index is -0.117. The van der Waals surface area contributed by atoms with Crippen molar-refractivity contribution in [1.29, 1.82) is 5.41 Å². The number of hydrogen-bond acceptors (Lipinski definition) is 4. The van der Waals surface area contributed by atoms with Gasteiger partial charge in [-0.05, 0) is 43.7 Å². The zero-order valence-corrected chi connectivity index (χ0v) is 14.8. The molecule has 8 heteroatoms. The van der Waals surface area contributed by atoms with Gasteiger partial charge >= 0.3 is 0 Å². The van der Waals surface area contributed by atoms with Gasteiger partial charge in [0, 0.05) is 37.2 Å². The van der Waals surface area contributed by atoms with Crippen molar-refractivity contribution in [2.75, 3.05) is 11.9 Å². The molecule has 26 heavy (non-hydrogen) atoms. The van der Waals surface area contributed by atoms with Crippen molar-refractivity contribution in [3.8, 4) is 0 Å². The van der Waals surface area contributed by atoms with Crippen molar-refractivity contribution in [3.05, 3.63) is 24.5 Å². The van der Waals surface area contributed by atoms with Crippen LogP contribution in [0.4, 0.5) is 5.69 Å². The minimum Gasteiger partial charge on any atom is -0.370 e. The van der Waals surface area contributed by atoms with E-state index in [1.54, 1.807) is 24.5 Å². The first-order valence-electron chi connectivity index (χ1n) is 8.81. The first-order valence-corrected chi connectivity index (χ1v) is 8.81. The second-order valence-electron chi connectivity index (χ2n) is 6.80. The second-order valence-corrected chi connectivity index (χ2v) is 6.80.